The van der Waals surface area contributed by atoms with Crippen LogP contribution in [0.25, 0.3) is 16.9 Å². The zero-order chi connectivity index (χ0) is 29.3. The lowest BCUT2D eigenvalue weighted by molar-refractivity contribution is 0.148. The van der Waals surface area contributed by atoms with Crippen molar-refractivity contribution < 1.29 is 14.1 Å². The minimum absolute atomic E-state index is 0.203. The molecule has 41 heavy (non-hydrogen) atoms. The monoisotopic (exact) mass is 579 g/mol. The lowest BCUT2D eigenvalue weighted by Crippen LogP contribution is -2.34. The van der Waals surface area contributed by atoms with Gasteiger partial charge >= 0.3 is 6.09 Å². The smallest absolute Gasteiger partial charge is 0.407 e. The van der Waals surface area contributed by atoms with Crippen molar-refractivity contribution in [2.45, 2.75) is 26.3 Å². The first-order valence-corrected chi connectivity index (χ1v) is 15.6. The molecule has 2 N–H and O–H groups in total. The van der Waals surface area contributed by atoms with E-state index in [0.29, 0.717) is 48.3 Å². The average Bonchev–Trinajstić information content (AvgIpc) is 3.04. The van der Waals surface area contributed by atoms with Crippen molar-refractivity contribution in [1.82, 2.24) is 29.2 Å². The largest absolute Gasteiger partial charge is 0.465 e. The molecular formula is C27H33N9O4S. The number of nitrogens with zero attached hydrogens (tertiary/aromatic N) is 8. The topological polar surface area (TPSA) is 151 Å². The Kier molecular flexibility index (Phi) is 7.67. The van der Waals surface area contributed by atoms with Crippen LogP contribution in [0, 0.1) is 0 Å². The molecule has 3 aromatic heterocycles. The fraction of sp³-hybridized carbons (Fsp3) is 0.370. The van der Waals surface area contributed by atoms with E-state index in [-0.39, 0.29) is 11.6 Å². The maximum atomic E-state index is 13.3. The normalized spacial score (nSPS) is 14.4. The number of carbonyl (C=O) groups is 1. The van der Waals surface area contributed by atoms with Crippen LogP contribution in [0.5, 0.6) is 0 Å². The Hall–Kier alpha value is -4.46. The van der Waals surface area contributed by atoms with E-state index in [4.69, 9.17) is 0 Å². The summed E-state index contributed by atoms with van der Waals surface area (Å²) in [4.78, 5) is 41.9. The molecule has 14 heteroatoms. The maximum Gasteiger partial charge on any atom is 0.407 e. The molecule has 216 valence electrons. The summed E-state index contributed by atoms with van der Waals surface area (Å²) < 4.78 is 19.7. The third-order valence-corrected chi connectivity index (χ3v) is 7.24. The van der Waals surface area contributed by atoms with Crippen LogP contribution < -0.4 is 15.8 Å². The summed E-state index contributed by atoms with van der Waals surface area (Å²) in [6.07, 6.45) is 4.45. The van der Waals surface area contributed by atoms with Crippen LogP contribution in [0.4, 0.5) is 27.9 Å². The highest BCUT2D eigenvalue weighted by Gasteiger charge is 2.21. The number of nitrogens with one attached hydrogen (secondary N) is 1. The number of carboxylic acid groups (broad SMARTS) is 1. The Balaban J connectivity index is 1.46. The van der Waals surface area contributed by atoms with Gasteiger partial charge in [-0.3, -0.25) is 4.79 Å². The third kappa shape index (κ3) is 6.16. The molecule has 13 nitrogen and oxygen atoms in total. The lowest BCUT2D eigenvalue weighted by Gasteiger charge is -2.23. The lowest BCUT2D eigenvalue weighted by atomic mass is 10.2. The Morgan fingerprint density at radius 3 is 2.49 bits per heavy atom. The summed E-state index contributed by atoms with van der Waals surface area (Å²) in [6.45, 7) is 6.18. The summed E-state index contributed by atoms with van der Waals surface area (Å²) in [6, 6.07) is 12.7. The van der Waals surface area contributed by atoms with E-state index >= 15 is 0 Å². The van der Waals surface area contributed by atoms with E-state index in [1.807, 2.05) is 38.1 Å². The highest BCUT2D eigenvalue weighted by Crippen LogP contribution is 2.24. The van der Waals surface area contributed by atoms with Crippen LogP contribution in [0.1, 0.15) is 26.3 Å². The van der Waals surface area contributed by atoms with E-state index < -0.39 is 15.8 Å². The zero-order valence-electron chi connectivity index (χ0n) is 23.4. The Labute approximate surface area is 237 Å². The number of rotatable bonds is 6. The molecule has 4 heterocycles. The predicted molar refractivity (Wildman–Crippen MR) is 160 cm³/mol. The van der Waals surface area contributed by atoms with Gasteiger partial charge in [0, 0.05) is 72.0 Å². The molecule has 0 bridgehead atoms. The first-order valence-electron chi connectivity index (χ1n) is 13.2. The summed E-state index contributed by atoms with van der Waals surface area (Å²) in [5, 5.41) is 12.8. The first kappa shape index (κ1) is 28.1. The van der Waals surface area contributed by atoms with Crippen molar-refractivity contribution in [3.8, 4) is 5.82 Å². The van der Waals surface area contributed by atoms with Crippen molar-refractivity contribution in [2.75, 3.05) is 48.9 Å². The molecule has 0 aliphatic carbocycles. The Morgan fingerprint density at radius 2 is 1.80 bits per heavy atom. The summed E-state index contributed by atoms with van der Waals surface area (Å²) >= 11 is 0. The summed E-state index contributed by atoms with van der Waals surface area (Å²) in [7, 11) is -2.43. The van der Waals surface area contributed by atoms with Crippen LogP contribution in [-0.2, 0) is 9.73 Å². The number of anilines is 3. The van der Waals surface area contributed by atoms with Gasteiger partial charge in [0.05, 0.1) is 0 Å². The number of benzene rings is 1. The highest BCUT2D eigenvalue weighted by atomic mass is 32.2. The highest BCUT2D eigenvalue weighted by molar-refractivity contribution is 7.92. The second-order valence-corrected chi connectivity index (χ2v) is 12.9. The fourth-order valence-corrected chi connectivity index (χ4v) is 5.36. The van der Waals surface area contributed by atoms with Gasteiger partial charge in [0.15, 0.2) is 17.3 Å². The third-order valence-electron chi connectivity index (χ3n) is 6.62. The van der Waals surface area contributed by atoms with Gasteiger partial charge in [-0.05, 0) is 56.7 Å². The van der Waals surface area contributed by atoms with Crippen LogP contribution in [0.15, 0.2) is 57.8 Å². The number of pyridine rings is 1. The first-order chi connectivity index (χ1) is 19.5. The van der Waals surface area contributed by atoms with Crippen LogP contribution in [0.3, 0.4) is 0 Å². The van der Waals surface area contributed by atoms with Gasteiger partial charge < -0.3 is 20.2 Å². The number of fused-ring (bicyclic) bond motifs is 1. The molecule has 1 aliphatic rings. The molecular weight excluding hydrogens is 546 g/mol. The molecule has 1 aliphatic heterocycles. The molecule has 1 amide bonds. The van der Waals surface area contributed by atoms with Gasteiger partial charge in [0.25, 0.3) is 5.56 Å². The zero-order valence-corrected chi connectivity index (χ0v) is 24.2. The van der Waals surface area contributed by atoms with Crippen LogP contribution >= 0.6 is 0 Å². The van der Waals surface area contributed by atoms with Crippen molar-refractivity contribution in [3.05, 3.63) is 59.0 Å². The van der Waals surface area contributed by atoms with Crippen LogP contribution in [-0.4, -0.2) is 83.3 Å². The van der Waals surface area contributed by atoms with E-state index in [9.17, 15) is 18.9 Å². The van der Waals surface area contributed by atoms with Gasteiger partial charge in [-0.25, -0.2) is 28.3 Å². The number of aromatic nitrogens is 5. The molecule has 4 aromatic rings. The van der Waals surface area contributed by atoms with E-state index in [0.717, 1.165) is 24.3 Å². The Bertz CT molecular complexity index is 1760. The van der Waals surface area contributed by atoms with Gasteiger partial charge in [0.2, 0.25) is 5.95 Å². The van der Waals surface area contributed by atoms with Gasteiger partial charge in [-0.2, -0.15) is 9.35 Å². The summed E-state index contributed by atoms with van der Waals surface area (Å²) in [5.74, 6) is 1.02. The van der Waals surface area contributed by atoms with E-state index in [2.05, 4.69) is 29.5 Å². The molecule has 0 radical (unpaired) electrons. The molecule has 0 unspecified atom stereocenters. The molecule has 5 rings (SSSR count). The molecule has 0 spiro atoms. The van der Waals surface area contributed by atoms with Crippen molar-refractivity contribution in [3.63, 3.8) is 0 Å². The van der Waals surface area contributed by atoms with E-state index in [1.165, 1.54) is 23.6 Å². The molecule has 1 fully saturated rings. The predicted octanol–water partition coefficient (Wildman–Crippen LogP) is 3.85. The fourth-order valence-electron chi connectivity index (χ4n) is 4.80. The molecule has 0 saturated carbocycles. The van der Waals surface area contributed by atoms with Crippen molar-refractivity contribution >= 4 is 50.0 Å². The number of amides is 1. The molecule has 1 aromatic carbocycles. The SMILES string of the molecule is CC(C)n1c(=O)c2cnc(Nc3ccc(N4CCCN(C(=O)O)CC4)cc3)nc2n1-c1cccc(N=S(C)(C)=O)n1. The second kappa shape index (κ2) is 11.2. The summed E-state index contributed by atoms with van der Waals surface area (Å²) in [5.41, 5.74) is 1.89. The second-order valence-electron chi connectivity index (χ2n) is 10.4. The average molecular weight is 580 g/mol. The van der Waals surface area contributed by atoms with Crippen molar-refractivity contribution in [2.24, 2.45) is 4.36 Å². The van der Waals surface area contributed by atoms with Gasteiger partial charge in [-0.1, -0.05) is 6.07 Å². The molecule has 0 atom stereocenters. The van der Waals surface area contributed by atoms with E-state index in [1.54, 1.807) is 27.6 Å². The standard InChI is InChI=1S/C27H33N9O4S/c1-18(2)35-25(37)21-17-28-26(31-24(21)36(35)23-8-5-7-22(30-23)32-41(3,4)40)29-19-9-11-20(12-10-19)33-13-6-14-34(16-15-33)27(38)39/h5,7-12,17-18H,6,13-16H2,1-4H3,(H,38,39)(H,28,29,31). The van der Waals surface area contributed by atoms with Gasteiger partial charge in [0.1, 0.15) is 5.39 Å². The maximum absolute atomic E-state index is 13.3. The molecule has 1 saturated heterocycles. The minimum atomic E-state index is -2.43. The van der Waals surface area contributed by atoms with Crippen LogP contribution in [0.2, 0.25) is 0 Å². The van der Waals surface area contributed by atoms with Gasteiger partial charge in [-0.15, -0.1) is 0 Å². The quantitative estimate of drug-likeness (QED) is 0.347. The van der Waals surface area contributed by atoms with Crippen molar-refractivity contribution in [1.29, 1.82) is 0 Å². The minimum Gasteiger partial charge on any atom is -0.465 e. The number of hydrogen-bond donors (Lipinski definition) is 2. The number of hydrogen-bond acceptors (Lipinski definition) is 9. The Morgan fingerprint density at radius 1 is 1.05 bits per heavy atom.